The van der Waals surface area contributed by atoms with Crippen LogP contribution in [0.25, 0.3) is 0 Å². The minimum absolute atomic E-state index is 0.0600. The molecule has 0 unspecified atom stereocenters. The molecule has 2 rings (SSSR count). The van der Waals surface area contributed by atoms with Crippen LogP contribution in [0, 0.1) is 0 Å². The average Bonchev–Trinajstić information content (AvgIpc) is 2.72. The lowest BCUT2D eigenvalue weighted by Crippen LogP contribution is -2.06. The van der Waals surface area contributed by atoms with Gasteiger partial charge in [-0.05, 0) is 31.0 Å². The summed E-state index contributed by atoms with van der Waals surface area (Å²) in [5, 5.41) is 5.55. The Bertz CT molecular complexity index is 638. The van der Waals surface area contributed by atoms with Gasteiger partial charge in [0.25, 0.3) is 0 Å². The number of rotatable bonds is 5. The highest BCUT2D eigenvalue weighted by atomic mass is 35.5. The summed E-state index contributed by atoms with van der Waals surface area (Å²) in [7, 11) is 1.85. The lowest BCUT2D eigenvalue weighted by molar-refractivity contribution is 0.295. The lowest BCUT2D eigenvalue weighted by Gasteiger charge is -2.11. The van der Waals surface area contributed by atoms with Crippen molar-refractivity contribution in [2.24, 2.45) is 12.8 Å². The van der Waals surface area contributed by atoms with E-state index in [9.17, 15) is 0 Å². The summed E-state index contributed by atoms with van der Waals surface area (Å²) in [6.45, 7) is 4.25. The van der Waals surface area contributed by atoms with E-state index in [0.29, 0.717) is 22.4 Å². The molecule has 0 bridgehead atoms. The van der Waals surface area contributed by atoms with E-state index in [2.05, 4.69) is 5.10 Å². The average molecular weight is 328 g/mol. The van der Waals surface area contributed by atoms with Crippen molar-refractivity contribution < 1.29 is 4.74 Å². The van der Waals surface area contributed by atoms with E-state index < -0.39 is 0 Å². The SMILES string of the molecule is CCc1nn(C)c(COc2ccc([C@H](C)N)cc2Cl)c1Cl. The zero-order valence-electron chi connectivity index (χ0n) is 12.4. The quantitative estimate of drug-likeness (QED) is 0.906. The predicted molar refractivity (Wildman–Crippen MR) is 86.0 cm³/mol. The maximum absolute atomic E-state index is 6.29. The molecule has 21 heavy (non-hydrogen) atoms. The maximum Gasteiger partial charge on any atom is 0.138 e. The van der Waals surface area contributed by atoms with E-state index in [1.165, 1.54) is 0 Å². The van der Waals surface area contributed by atoms with Crippen LogP contribution in [0.5, 0.6) is 5.75 Å². The molecule has 0 saturated carbocycles. The van der Waals surface area contributed by atoms with Crippen LogP contribution in [0.1, 0.15) is 36.8 Å². The molecule has 0 saturated heterocycles. The Morgan fingerprint density at radius 2 is 2.10 bits per heavy atom. The first-order valence-electron chi connectivity index (χ1n) is 6.82. The van der Waals surface area contributed by atoms with Gasteiger partial charge in [0.05, 0.1) is 21.4 Å². The Morgan fingerprint density at radius 3 is 2.62 bits per heavy atom. The third kappa shape index (κ3) is 3.51. The molecule has 114 valence electrons. The van der Waals surface area contributed by atoms with Crippen LogP contribution < -0.4 is 10.5 Å². The standard InChI is InChI=1S/C15H19Cl2N3O/c1-4-12-15(17)13(20(3)19-12)8-21-14-6-5-10(9(2)18)7-11(14)16/h5-7,9H,4,8,18H2,1-3H3/t9-/m0/s1. The first kappa shape index (κ1) is 16.1. The van der Waals surface area contributed by atoms with Gasteiger partial charge in [0, 0.05) is 13.1 Å². The lowest BCUT2D eigenvalue weighted by atomic mass is 10.1. The fourth-order valence-electron chi connectivity index (χ4n) is 2.04. The highest BCUT2D eigenvalue weighted by molar-refractivity contribution is 6.32. The summed E-state index contributed by atoms with van der Waals surface area (Å²) in [4.78, 5) is 0. The number of hydrogen-bond donors (Lipinski definition) is 1. The van der Waals surface area contributed by atoms with Gasteiger partial charge in [-0.25, -0.2) is 0 Å². The Hall–Kier alpha value is -1.23. The highest BCUT2D eigenvalue weighted by Gasteiger charge is 2.14. The fraction of sp³-hybridized carbons (Fsp3) is 0.400. The molecule has 1 heterocycles. The van der Waals surface area contributed by atoms with Gasteiger partial charge in [-0.15, -0.1) is 0 Å². The third-order valence-corrected chi connectivity index (χ3v) is 4.08. The van der Waals surface area contributed by atoms with Gasteiger partial charge < -0.3 is 10.5 Å². The summed E-state index contributed by atoms with van der Waals surface area (Å²) in [5.74, 6) is 0.608. The molecular weight excluding hydrogens is 309 g/mol. The van der Waals surface area contributed by atoms with Crippen molar-refractivity contribution in [1.82, 2.24) is 9.78 Å². The van der Waals surface area contributed by atoms with Crippen LogP contribution >= 0.6 is 23.2 Å². The number of nitrogens with two attached hydrogens (primary N) is 1. The molecule has 0 radical (unpaired) electrons. The maximum atomic E-state index is 6.29. The molecule has 0 spiro atoms. The molecule has 1 aromatic carbocycles. The molecule has 6 heteroatoms. The van der Waals surface area contributed by atoms with Crippen LogP contribution in [-0.2, 0) is 20.1 Å². The van der Waals surface area contributed by atoms with Gasteiger partial charge in [-0.2, -0.15) is 5.10 Å². The number of benzene rings is 1. The second-order valence-corrected chi connectivity index (χ2v) is 5.74. The van der Waals surface area contributed by atoms with E-state index in [1.54, 1.807) is 4.68 Å². The summed E-state index contributed by atoms with van der Waals surface area (Å²) in [6.07, 6.45) is 0.788. The topological polar surface area (TPSA) is 53.1 Å². The van der Waals surface area contributed by atoms with Crippen LogP contribution in [-0.4, -0.2) is 9.78 Å². The number of halogens is 2. The summed E-state index contributed by atoms with van der Waals surface area (Å²) < 4.78 is 7.50. The summed E-state index contributed by atoms with van der Waals surface area (Å²) >= 11 is 12.5. The second-order valence-electron chi connectivity index (χ2n) is 4.95. The second kappa shape index (κ2) is 6.69. The largest absolute Gasteiger partial charge is 0.486 e. The van der Waals surface area contributed by atoms with Crippen molar-refractivity contribution in [2.75, 3.05) is 0 Å². The van der Waals surface area contributed by atoms with Gasteiger partial charge in [-0.1, -0.05) is 36.2 Å². The number of hydrogen-bond acceptors (Lipinski definition) is 3. The molecule has 4 nitrogen and oxygen atoms in total. The van der Waals surface area contributed by atoms with Crippen LogP contribution in [0.4, 0.5) is 0 Å². The number of nitrogens with zero attached hydrogens (tertiary/aromatic N) is 2. The Balaban J connectivity index is 2.15. The molecule has 2 aromatic rings. The predicted octanol–water partition coefficient (Wildman–Crippen LogP) is 3.89. The molecular formula is C15H19Cl2N3O. The molecule has 0 aliphatic carbocycles. The van der Waals surface area contributed by atoms with E-state index in [1.807, 2.05) is 39.1 Å². The van der Waals surface area contributed by atoms with Gasteiger partial charge in [0.1, 0.15) is 12.4 Å². The zero-order valence-corrected chi connectivity index (χ0v) is 13.9. The number of aryl methyl sites for hydroxylation is 2. The summed E-state index contributed by atoms with van der Waals surface area (Å²) in [6, 6.07) is 5.50. The van der Waals surface area contributed by atoms with Crippen LogP contribution in [0.2, 0.25) is 10.0 Å². The van der Waals surface area contributed by atoms with Crippen molar-refractivity contribution in [3.63, 3.8) is 0 Å². The fourth-order valence-corrected chi connectivity index (χ4v) is 2.63. The minimum Gasteiger partial charge on any atom is -0.486 e. The first-order valence-corrected chi connectivity index (χ1v) is 7.57. The van der Waals surface area contributed by atoms with Gasteiger partial charge in [0.2, 0.25) is 0 Å². The molecule has 2 N–H and O–H groups in total. The number of ether oxygens (including phenoxy) is 1. The van der Waals surface area contributed by atoms with Crippen molar-refractivity contribution in [3.05, 3.63) is 45.2 Å². The van der Waals surface area contributed by atoms with Crippen molar-refractivity contribution in [2.45, 2.75) is 32.9 Å². The molecule has 1 aromatic heterocycles. The Labute approximate surface area is 134 Å². The van der Waals surface area contributed by atoms with Gasteiger partial charge >= 0.3 is 0 Å². The smallest absolute Gasteiger partial charge is 0.138 e. The molecule has 0 aliphatic heterocycles. The number of aromatic nitrogens is 2. The van der Waals surface area contributed by atoms with Gasteiger partial charge in [0.15, 0.2) is 0 Å². The first-order chi connectivity index (χ1) is 9.93. The third-order valence-electron chi connectivity index (χ3n) is 3.35. The van der Waals surface area contributed by atoms with E-state index in [-0.39, 0.29) is 6.04 Å². The zero-order chi connectivity index (χ0) is 15.6. The Morgan fingerprint density at radius 1 is 1.38 bits per heavy atom. The summed E-state index contributed by atoms with van der Waals surface area (Å²) in [5.41, 5.74) is 8.50. The Kier molecular flexibility index (Phi) is 5.14. The molecule has 0 aliphatic rings. The minimum atomic E-state index is -0.0600. The van der Waals surface area contributed by atoms with Gasteiger partial charge in [-0.3, -0.25) is 4.68 Å². The molecule has 1 atom stereocenters. The monoisotopic (exact) mass is 327 g/mol. The normalized spacial score (nSPS) is 12.5. The van der Waals surface area contributed by atoms with E-state index >= 15 is 0 Å². The molecule has 0 amide bonds. The van der Waals surface area contributed by atoms with Crippen molar-refractivity contribution in [1.29, 1.82) is 0 Å². The van der Waals surface area contributed by atoms with E-state index in [0.717, 1.165) is 23.4 Å². The van der Waals surface area contributed by atoms with Crippen LogP contribution in [0.15, 0.2) is 18.2 Å². The molecule has 0 fully saturated rings. The van der Waals surface area contributed by atoms with Crippen molar-refractivity contribution >= 4 is 23.2 Å². The van der Waals surface area contributed by atoms with Crippen molar-refractivity contribution in [3.8, 4) is 5.75 Å². The van der Waals surface area contributed by atoms with E-state index in [4.69, 9.17) is 33.7 Å². The highest BCUT2D eigenvalue weighted by Crippen LogP contribution is 2.29. The van der Waals surface area contributed by atoms with Crippen LogP contribution in [0.3, 0.4) is 0 Å².